The van der Waals surface area contributed by atoms with Gasteiger partial charge in [0.25, 0.3) is 0 Å². The van der Waals surface area contributed by atoms with E-state index in [1.165, 1.54) is 61.5 Å². The number of para-hydroxylation sites is 1. The number of ether oxygens (including phenoxy) is 2. The van der Waals surface area contributed by atoms with Crippen molar-refractivity contribution in [1.82, 2.24) is 62.8 Å². The summed E-state index contributed by atoms with van der Waals surface area (Å²) in [6, 6.07) is 10.5. The van der Waals surface area contributed by atoms with Crippen molar-refractivity contribution in [2.75, 3.05) is 30.4 Å². The minimum atomic E-state index is -1.54. The molecule has 0 saturated heterocycles. The van der Waals surface area contributed by atoms with E-state index in [1.807, 2.05) is 20.1 Å². The molecule has 0 unspecified atom stereocenters. The number of thiocarbonyl (C=S) groups is 1. The summed E-state index contributed by atoms with van der Waals surface area (Å²) in [6.07, 6.45) is 6.75. The van der Waals surface area contributed by atoms with Gasteiger partial charge >= 0.3 is 5.97 Å². The first kappa shape index (κ1) is 77.9. The zero-order valence-corrected chi connectivity index (χ0v) is 59.3. The number of H-pyrrole nitrogens is 2. The van der Waals surface area contributed by atoms with E-state index in [4.69, 9.17) is 38.9 Å². The third-order valence-electron chi connectivity index (χ3n) is 17.3. The van der Waals surface area contributed by atoms with Gasteiger partial charge in [0, 0.05) is 77.1 Å². The molecule has 31 nitrogen and oxygen atoms in total. The summed E-state index contributed by atoms with van der Waals surface area (Å²) < 4.78 is 12.3. The Morgan fingerprint density at radius 3 is 1.89 bits per heavy atom. The number of amides is 10. The number of thioether (sulfide) groups is 1. The van der Waals surface area contributed by atoms with Gasteiger partial charge < -0.3 is 100 Å². The van der Waals surface area contributed by atoms with Gasteiger partial charge in [-0.3, -0.25) is 47.9 Å². The molecule has 6 aromatic rings. The minimum absolute atomic E-state index is 0.0805. The second-order valence-corrected chi connectivity index (χ2v) is 27.3. The van der Waals surface area contributed by atoms with Crippen LogP contribution in [0.2, 0.25) is 0 Å². The van der Waals surface area contributed by atoms with Gasteiger partial charge in [0.2, 0.25) is 59.1 Å². The van der Waals surface area contributed by atoms with E-state index in [0.717, 1.165) is 0 Å². The lowest BCUT2D eigenvalue weighted by Crippen LogP contribution is -2.60. The maximum atomic E-state index is 14.7. The average molecular weight is 1460 g/mol. The standard InChI is InChI=1S/C70H88N16O15S2/c1-35(2)25-52(65(96)81-49(60(73)91)22-24-103-6)83-66(97)54(28-40-32-74-34-77-40)80-58(90)33-76-67(98)59(36(3)4)86-61(92)37(5)78-64(95)53(26-38-31-75-48-12-8-7-11-43(38)48)84-63(94)51(20-21-57(72)89)82-62(93)50(13-9-10-23-71)85-69(102)79-39-14-17-45-44(27-39)68(99)101-70(45)46-18-15-41(87)29-55(46)100-56-30-42(88)16-19-47(56)70/h7-8,11-12,14-19,27,29-32,34-37,49-54,59,75,87-88H,9-10,13,20-26,28,33,71H2,1-6H3,(H2,72,89)(H2,73,91)(H,74,77)(H,76,98)(H,78,95)(H,80,90)(H,81,96)(H,82,93)(H,83,97)(H,84,94)(H,86,92)(H2,79,85,102)/t37-,49+,50-,51-,52-,53-,54-,59-/m0/s1. The molecule has 33 heteroatoms. The second kappa shape index (κ2) is 35.7. The van der Waals surface area contributed by atoms with Gasteiger partial charge in [-0.1, -0.05) is 52.0 Å². The van der Waals surface area contributed by atoms with Crippen LogP contribution in [0.5, 0.6) is 23.0 Å². The summed E-state index contributed by atoms with van der Waals surface area (Å²) in [5.41, 5.74) is 18.8. The molecule has 2 aromatic heterocycles. The molecule has 103 heavy (non-hydrogen) atoms. The number of phenols is 2. The molecule has 4 aromatic carbocycles. The zero-order valence-electron chi connectivity index (χ0n) is 57.7. The number of imidazole rings is 1. The maximum absolute atomic E-state index is 14.7. The summed E-state index contributed by atoms with van der Waals surface area (Å²) in [7, 11) is 0. The van der Waals surface area contributed by atoms with Crippen LogP contribution in [0, 0.1) is 11.8 Å². The van der Waals surface area contributed by atoms with Gasteiger partial charge in [0.05, 0.1) is 24.1 Å². The molecule has 1 spiro atoms. The normalized spacial score (nSPS) is 14.8. The van der Waals surface area contributed by atoms with Gasteiger partial charge in [-0.05, 0) is 136 Å². The van der Waals surface area contributed by atoms with Crippen molar-refractivity contribution in [3.63, 3.8) is 0 Å². The number of anilines is 1. The van der Waals surface area contributed by atoms with Crippen LogP contribution in [0.15, 0.2) is 97.6 Å². The van der Waals surface area contributed by atoms with Crippen molar-refractivity contribution in [3.05, 3.63) is 131 Å². The molecular weight excluding hydrogens is 1370 g/mol. The predicted octanol–water partition coefficient (Wildman–Crippen LogP) is 1.88. The summed E-state index contributed by atoms with van der Waals surface area (Å²) in [4.78, 5) is 162. The highest BCUT2D eigenvalue weighted by atomic mass is 32.2. The van der Waals surface area contributed by atoms with Gasteiger partial charge in [0.1, 0.15) is 71.3 Å². The SMILES string of the molecule is CSCC[C@@H](NC(=O)[C@H](CC(C)C)NC(=O)[C@H](Cc1c[nH]cn1)NC(=O)CNC(=O)[C@@H](NC(=O)[C@H](C)NC(=O)[C@H](Cc1c[nH]c2ccccc12)NC(=O)[C@H](CCC(N)=O)NC(=O)[C@H](CCCCN)NC(=S)Nc1ccc2c(c1)C(=O)OC21c2ccc(O)cc2Oc2cc(O)ccc21)C(C)C)C(N)=O. The number of carbonyl (C=O) groups excluding carboxylic acids is 11. The number of aromatic nitrogens is 3. The van der Waals surface area contributed by atoms with Crippen molar-refractivity contribution in [1.29, 1.82) is 0 Å². The average Bonchev–Trinajstić information content (AvgIpc) is 1.60. The number of aromatic hydroxyl groups is 2. The fourth-order valence-corrected chi connectivity index (χ4v) is 12.7. The van der Waals surface area contributed by atoms with E-state index < -0.39 is 138 Å². The van der Waals surface area contributed by atoms with Crippen LogP contribution in [0.4, 0.5) is 5.69 Å². The van der Waals surface area contributed by atoms with E-state index in [2.05, 4.69) is 68.1 Å². The summed E-state index contributed by atoms with van der Waals surface area (Å²) in [5, 5.41) is 48.5. The van der Waals surface area contributed by atoms with Crippen LogP contribution in [-0.2, 0) is 71.1 Å². The molecule has 2 aliphatic rings. The van der Waals surface area contributed by atoms with Crippen molar-refractivity contribution in [2.45, 2.75) is 146 Å². The smallest absolute Gasteiger partial charge is 0.340 e. The number of aromatic amines is 2. The largest absolute Gasteiger partial charge is 0.508 e. The number of benzene rings is 4. The van der Waals surface area contributed by atoms with Crippen molar-refractivity contribution in [2.24, 2.45) is 29.0 Å². The number of unbranched alkanes of at least 4 members (excludes halogenated alkanes) is 1. The molecule has 550 valence electrons. The number of esters is 1. The highest BCUT2D eigenvalue weighted by Gasteiger charge is 2.54. The Bertz CT molecular complexity index is 4080. The Labute approximate surface area is 603 Å². The number of rotatable bonds is 36. The van der Waals surface area contributed by atoms with E-state index in [0.29, 0.717) is 63.1 Å². The molecule has 0 radical (unpaired) electrons. The first-order valence-electron chi connectivity index (χ1n) is 33.6. The Hall–Kier alpha value is -10.8. The van der Waals surface area contributed by atoms with Crippen LogP contribution >= 0.6 is 24.0 Å². The predicted molar refractivity (Wildman–Crippen MR) is 385 cm³/mol. The molecule has 20 N–H and O–H groups in total. The topological polar surface area (TPSA) is 490 Å². The van der Waals surface area contributed by atoms with Gasteiger partial charge in [-0.25, -0.2) is 9.78 Å². The summed E-state index contributed by atoms with van der Waals surface area (Å²) in [5.74, 6) is -8.73. The fraction of sp³-hybridized carbons (Fsp3) is 0.414. The molecule has 0 bridgehead atoms. The Morgan fingerprint density at radius 2 is 1.26 bits per heavy atom. The first-order chi connectivity index (χ1) is 49.1. The molecule has 8 rings (SSSR count). The highest BCUT2D eigenvalue weighted by molar-refractivity contribution is 7.98. The lowest BCUT2D eigenvalue weighted by molar-refractivity contribution is -0.135. The molecular formula is C70H88N16O15S2. The number of hydrogen-bond donors (Lipinski definition) is 17. The maximum Gasteiger partial charge on any atom is 0.340 e. The van der Waals surface area contributed by atoms with Crippen molar-refractivity contribution < 1.29 is 72.4 Å². The van der Waals surface area contributed by atoms with Crippen LogP contribution in [0.3, 0.4) is 0 Å². The zero-order chi connectivity index (χ0) is 74.8. The molecule has 10 amide bonds. The van der Waals surface area contributed by atoms with E-state index >= 15 is 0 Å². The molecule has 0 saturated carbocycles. The number of carbonyl (C=O) groups is 11. The number of hydrogen-bond acceptors (Lipinski definition) is 19. The van der Waals surface area contributed by atoms with E-state index in [-0.39, 0.29) is 84.7 Å². The number of phenolic OH excluding ortho intramolecular Hbond substituents is 2. The third kappa shape index (κ3) is 20.3. The van der Waals surface area contributed by atoms with Crippen LogP contribution < -0.4 is 75.1 Å². The van der Waals surface area contributed by atoms with E-state index in [9.17, 15) is 63.0 Å². The third-order valence-corrected chi connectivity index (χ3v) is 18.2. The highest BCUT2D eigenvalue weighted by Crippen LogP contribution is 2.57. The lowest BCUT2D eigenvalue weighted by atomic mass is 9.77. The number of primary amides is 2. The monoisotopic (exact) mass is 1460 g/mol. The van der Waals surface area contributed by atoms with Crippen molar-refractivity contribution in [3.8, 4) is 23.0 Å². The van der Waals surface area contributed by atoms with Crippen LogP contribution in [0.25, 0.3) is 10.9 Å². The molecule has 0 aliphatic carbocycles. The molecule has 2 aliphatic heterocycles. The van der Waals surface area contributed by atoms with E-state index in [1.54, 1.807) is 68.6 Å². The number of fused-ring (bicyclic) bond motifs is 7. The summed E-state index contributed by atoms with van der Waals surface area (Å²) >= 11 is 7.21. The van der Waals surface area contributed by atoms with Crippen LogP contribution in [-0.4, -0.2) is 169 Å². The van der Waals surface area contributed by atoms with Gasteiger partial charge in [0.15, 0.2) is 10.7 Å². The van der Waals surface area contributed by atoms with Gasteiger partial charge in [-0.15, -0.1) is 0 Å². The number of nitrogens with two attached hydrogens (primary N) is 3. The summed E-state index contributed by atoms with van der Waals surface area (Å²) in [6.45, 7) is 7.85. The Kier molecular flexibility index (Phi) is 27.0. The first-order valence-corrected chi connectivity index (χ1v) is 35.4. The quantitative estimate of drug-likeness (QED) is 0.0152. The fourth-order valence-electron chi connectivity index (χ4n) is 12.0. The minimum Gasteiger partial charge on any atom is -0.508 e. The lowest BCUT2D eigenvalue weighted by Gasteiger charge is -2.36. The van der Waals surface area contributed by atoms with Gasteiger partial charge in [-0.2, -0.15) is 11.8 Å². The molecule has 0 fully saturated rings. The second-order valence-electron chi connectivity index (χ2n) is 25.9. The van der Waals surface area contributed by atoms with Crippen molar-refractivity contribution >= 4 is 111 Å². The van der Waals surface area contributed by atoms with Crippen LogP contribution in [0.1, 0.15) is 118 Å². The number of nitrogens with one attached hydrogen (secondary N) is 12. The number of nitrogens with zero attached hydrogens (tertiary/aromatic N) is 1. The Balaban J connectivity index is 0.933. The Morgan fingerprint density at radius 1 is 0.650 bits per heavy atom. The molecule has 8 atom stereocenters. The molecule has 4 heterocycles.